The van der Waals surface area contributed by atoms with Gasteiger partial charge >= 0.3 is 0 Å². The molecule has 60 valence electrons. The molecule has 0 saturated heterocycles. The summed E-state index contributed by atoms with van der Waals surface area (Å²) in [6.07, 6.45) is 5.61. The highest BCUT2D eigenvalue weighted by molar-refractivity contribution is 6.16. The summed E-state index contributed by atoms with van der Waals surface area (Å²) in [5.74, 6) is -1.09. The van der Waals surface area contributed by atoms with E-state index in [0.29, 0.717) is 5.71 Å². The Balaban J connectivity index is 2.40. The Hall–Kier alpha value is -1.58. The van der Waals surface area contributed by atoms with Crippen LogP contribution >= 0.6 is 0 Å². The van der Waals surface area contributed by atoms with Gasteiger partial charge in [0.2, 0.25) is 5.95 Å². The molecule has 0 radical (unpaired) electrons. The van der Waals surface area contributed by atoms with E-state index in [-0.39, 0.29) is 11.8 Å². The molecule has 1 atom stereocenters. The Morgan fingerprint density at radius 3 is 3.17 bits per heavy atom. The molecule has 0 N–H and O–H groups in total. The number of hydrogen-bond donors (Lipinski definition) is 0. The van der Waals surface area contributed by atoms with Crippen molar-refractivity contribution < 1.29 is 9.18 Å². The zero-order valence-electron chi connectivity index (χ0n) is 6.07. The van der Waals surface area contributed by atoms with Crippen LogP contribution in [0.2, 0.25) is 0 Å². The Bertz CT molecular complexity index is 352. The van der Waals surface area contributed by atoms with Crippen molar-refractivity contribution in [3.8, 4) is 0 Å². The number of dihydropyridines is 1. The summed E-state index contributed by atoms with van der Waals surface area (Å²) in [4.78, 5) is 17.9. The van der Waals surface area contributed by atoms with Crippen LogP contribution in [-0.4, -0.2) is 17.8 Å². The minimum absolute atomic E-state index is 0.137. The van der Waals surface area contributed by atoms with Crippen LogP contribution < -0.4 is 0 Å². The number of allylic oxidation sites excluding steroid dienone is 2. The molecule has 2 heterocycles. The molecular formula is C8H5FN2O. The number of carbonyl (C=O) groups is 1. The van der Waals surface area contributed by atoms with Crippen LogP contribution in [0.25, 0.3) is 0 Å². The lowest BCUT2D eigenvalue weighted by molar-refractivity contribution is -0.113. The van der Waals surface area contributed by atoms with Gasteiger partial charge in [-0.2, -0.15) is 4.39 Å². The maximum absolute atomic E-state index is 12.5. The van der Waals surface area contributed by atoms with Crippen molar-refractivity contribution in [1.29, 1.82) is 0 Å². The number of hydrogen-bond acceptors (Lipinski definition) is 2. The minimum atomic E-state index is -0.604. The van der Waals surface area contributed by atoms with Gasteiger partial charge in [0.1, 0.15) is 0 Å². The molecule has 0 aromatic rings. The average Bonchev–Trinajstić information content (AvgIpc) is 2.03. The summed E-state index contributed by atoms with van der Waals surface area (Å²) in [6.45, 7) is 0. The van der Waals surface area contributed by atoms with Gasteiger partial charge in [-0.05, 0) is 0 Å². The van der Waals surface area contributed by atoms with Crippen LogP contribution in [0.15, 0.2) is 34.2 Å². The Kier molecular flexibility index (Phi) is 1.46. The van der Waals surface area contributed by atoms with Crippen LogP contribution in [0.4, 0.5) is 4.39 Å². The zero-order valence-corrected chi connectivity index (χ0v) is 6.07. The molecule has 4 heteroatoms. The first-order chi connectivity index (χ1) is 5.75. The molecule has 0 aliphatic carbocycles. The number of aliphatic imine (C=N–C) groups is 2. The van der Waals surface area contributed by atoms with Crippen molar-refractivity contribution in [3.63, 3.8) is 0 Å². The van der Waals surface area contributed by atoms with Gasteiger partial charge in [-0.3, -0.25) is 4.79 Å². The SMILES string of the molecule is O=C1C=CC2C=NC(F)=CC2=N1. The largest absolute Gasteiger partial charge is 0.269 e. The maximum atomic E-state index is 12.5. The monoisotopic (exact) mass is 164 g/mol. The van der Waals surface area contributed by atoms with Crippen molar-refractivity contribution in [2.75, 3.05) is 0 Å². The molecule has 0 fully saturated rings. The molecule has 2 aliphatic rings. The standard InChI is InChI=1S/C8H5FN2O/c9-7-3-6-5(4-10-7)1-2-8(12)11-6/h1-5H. The van der Waals surface area contributed by atoms with E-state index in [1.54, 1.807) is 6.08 Å². The molecule has 2 aliphatic heterocycles. The van der Waals surface area contributed by atoms with E-state index in [1.807, 2.05) is 0 Å². The molecule has 0 aromatic carbocycles. The zero-order chi connectivity index (χ0) is 8.55. The highest BCUT2D eigenvalue weighted by atomic mass is 19.1. The second-order valence-corrected chi connectivity index (χ2v) is 2.51. The van der Waals surface area contributed by atoms with Crippen LogP contribution in [0.5, 0.6) is 0 Å². The molecule has 2 rings (SSSR count). The topological polar surface area (TPSA) is 41.8 Å². The third-order valence-electron chi connectivity index (χ3n) is 1.65. The molecule has 1 amide bonds. The molecule has 12 heavy (non-hydrogen) atoms. The Morgan fingerprint density at radius 2 is 2.33 bits per heavy atom. The van der Waals surface area contributed by atoms with Gasteiger partial charge in [-0.1, -0.05) is 6.08 Å². The van der Waals surface area contributed by atoms with E-state index >= 15 is 0 Å². The van der Waals surface area contributed by atoms with Crippen molar-refractivity contribution >= 4 is 17.8 Å². The molecule has 3 nitrogen and oxygen atoms in total. The molecule has 0 saturated carbocycles. The van der Waals surface area contributed by atoms with E-state index < -0.39 is 5.95 Å². The van der Waals surface area contributed by atoms with Crippen LogP contribution in [0.3, 0.4) is 0 Å². The number of nitrogens with zero attached hydrogens (tertiary/aromatic N) is 2. The molecule has 0 spiro atoms. The van der Waals surface area contributed by atoms with Gasteiger partial charge in [-0.15, -0.1) is 0 Å². The molecule has 0 bridgehead atoms. The summed E-state index contributed by atoms with van der Waals surface area (Å²) in [7, 11) is 0. The number of carbonyl (C=O) groups excluding carboxylic acids is 1. The van der Waals surface area contributed by atoms with Crippen LogP contribution in [-0.2, 0) is 4.79 Å². The van der Waals surface area contributed by atoms with Gasteiger partial charge in [-0.25, -0.2) is 9.98 Å². The van der Waals surface area contributed by atoms with Crippen molar-refractivity contribution in [2.24, 2.45) is 15.9 Å². The third kappa shape index (κ3) is 1.11. The smallest absolute Gasteiger partial charge is 0.267 e. The number of amides is 1. The molecule has 0 aromatic heterocycles. The van der Waals surface area contributed by atoms with Gasteiger partial charge < -0.3 is 0 Å². The minimum Gasteiger partial charge on any atom is -0.267 e. The summed E-state index contributed by atoms with van der Waals surface area (Å²) in [5.41, 5.74) is 0.426. The van der Waals surface area contributed by atoms with E-state index in [1.165, 1.54) is 18.4 Å². The highest BCUT2D eigenvalue weighted by Crippen LogP contribution is 2.15. The van der Waals surface area contributed by atoms with E-state index in [2.05, 4.69) is 9.98 Å². The van der Waals surface area contributed by atoms with E-state index in [4.69, 9.17) is 0 Å². The summed E-state index contributed by atoms with van der Waals surface area (Å²) < 4.78 is 12.5. The first-order valence-electron chi connectivity index (χ1n) is 3.48. The fourth-order valence-electron chi connectivity index (χ4n) is 1.09. The molecular weight excluding hydrogens is 159 g/mol. The summed E-state index contributed by atoms with van der Waals surface area (Å²) >= 11 is 0. The van der Waals surface area contributed by atoms with Gasteiger partial charge in [0.25, 0.3) is 5.91 Å². The lowest BCUT2D eigenvalue weighted by Crippen LogP contribution is -2.19. The summed E-state index contributed by atoms with van der Waals surface area (Å²) in [5, 5.41) is 0. The van der Waals surface area contributed by atoms with Crippen LogP contribution in [0, 0.1) is 5.92 Å². The van der Waals surface area contributed by atoms with Gasteiger partial charge in [0.05, 0.1) is 11.6 Å². The second kappa shape index (κ2) is 2.48. The lowest BCUT2D eigenvalue weighted by Gasteiger charge is -2.13. The average molecular weight is 164 g/mol. The number of halogens is 1. The first-order valence-corrected chi connectivity index (χ1v) is 3.48. The third-order valence-corrected chi connectivity index (χ3v) is 1.65. The lowest BCUT2D eigenvalue weighted by atomic mass is 10.00. The maximum Gasteiger partial charge on any atom is 0.269 e. The summed E-state index contributed by atoms with van der Waals surface area (Å²) in [6, 6.07) is 0. The highest BCUT2D eigenvalue weighted by Gasteiger charge is 2.18. The normalized spacial score (nSPS) is 26.4. The van der Waals surface area contributed by atoms with Gasteiger partial charge in [0, 0.05) is 18.4 Å². The predicted octanol–water partition coefficient (Wildman–Crippen LogP) is 1.04. The van der Waals surface area contributed by atoms with Crippen molar-refractivity contribution in [1.82, 2.24) is 0 Å². The first kappa shape index (κ1) is 7.09. The molecule has 1 unspecified atom stereocenters. The van der Waals surface area contributed by atoms with E-state index in [0.717, 1.165) is 0 Å². The van der Waals surface area contributed by atoms with Crippen LogP contribution in [0.1, 0.15) is 0 Å². The van der Waals surface area contributed by atoms with Crippen molar-refractivity contribution in [3.05, 3.63) is 24.2 Å². The fraction of sp³-hybridized carbons (Fsp3) is 0.125. The quantitative estimate of drug-likeness (QED) is 0.493. The van der Waals surface area contributed by atoms with Gasteiger partial charge in [0.15, 0.2) is 0 Å². The predicted molar refractivity (Wildman–Crippen MR) is 42.8 cm³/mol. The number of rotatable bonds is 0. The Labute approximate surface area is 68.0 Å². The number of fused-ring (bicyclic) bond motifs is 1. The van der Waals surface area contributed by atoms with Crippen molar-refractivity contribution in [2.45, 2.75) is 0 Å². The second-order valence-electron chi connectivity index (χ2n) is 2.51. The van der Waals surface area contributed by atoms with E-state index in [9.17, 15) is 9.18 Å². The Morgan fingerprint density at radius 1 is 1.50 bits per heavy atom. The fourth-order valence-corrected chi connectivity index (χ4v) is 1.09.